The lowest BCUT2D eigenvalue weighted by molar-refractivity contribution is 0.0698. The first kappa shape index (κ1) is 14.7. The van der Waals surface area contributed by atoms with Gasteiger partial charge in [-0.05, 0) is 12.1 Å². The molecule has 1 rings (SSSR count). The molecule has 0 aliphatic heterocycles. The second-order valence-corrected chi connectivity index (χ2v) is 5.63. The summed E-state index contributed by atoms with van der Waals surface area (Å²) in [6.07, 6.45) is 0. The normalized spacial score (nSPS) is 11.2. The van der Waals surface area contributed by atoms with E-state index in [9.17, 15) is 13.2 Å². The average molecular weight is 294 g/mol. The second kappa shape index (κ2) is 6.03. The summed E-state index contributed by atoms with van der Waals surface area (Å²) in [5.41, 5.74) is -0.341. The molecule has 0 heterocycles. The SMILES string of the molecule is COCCS(=O)(=O)Nc1c(Cl)cccc1C(=O)O. The van der Waals surface area contributed by atoms with Crippen LogP contribution in [0.3, 0.4) is 0 Å². The predicted octanol–water partition coefficient (Wildman–Crippen LogP) is 1.43. The Hall–Kier alpha value is -1.31. The molecule has 0 spiro atoms. The quantitative estimate of drug-likeness (QED) is 0.827. The summed E-state index contributed by atoms with van der Waals surface area (Å²) >= 11 is 5.79. The van der Waals surface area contributed by atoms with E-state index in [1.807, 2.05) is 0 Å². The van der Waals surface area contributed by atoms with Gasteiger partial charge in [-0.3, -0.25) is 4.72 Å². The highest BCUT2D eigenvalue weighted by molar-refractivity contribution is 7.92. The van der Waals surface area contributed by atoms with Crippen LogP contribution in [0.2, 0.25) is 5.02 Å². The van der Waals surface area contributed by atoms with Gasteiger partial charge in [0.25, 0.3) is 0 Å². The molecule has 0 aliphatic rings. The number of nitrogens with one attached hydrogen (secondary N) is 1. The highest BCUT2D eigenvalue weighted by Crippen LogP contribution is 2.27. The van der Waals surface area contributed by atoms with Crippen molar-refractivity contribution in [1.82, 2.24) is 0 Å². The van der Waals surface area contributed by atoms with Crippen LogP contribution in [-0.4, -0.2) is 39.0 Å². The van der Waals surface area contributed by atoms with Crippen molar-refractivity contribution in [1.29, 1.82) is 0 Å². The molecule has 100 valence electrons. The summed E-state index contributed by atoms with van der Waals surface area (Å²) in [4.78, 5) is 11.0. The predicted molar refractivity (Wildman–Crippen MR) is 67.7 cm³/mol. The number of methoxy groups -OCH3 is 1. The van der Waals surface area contributed by atoms with Crippen LogP contribution in [0.15, 0.2) is 18.2 Å². The number of anilines is 1. The number of para-hydroxylation sites is 1. The minimum atomic E-state index is -3.70. The molecule has 0 radical (unpaired) electrons. The molecular formula is C10H12ClNO5S. The first-order chi connectivity index (χ1) is 8.37. The van der Waals surface area contributed by atoms with Gasteiger partial charge >= 0.3 is 5.97 Å². The van der Waals surface area contributed by atoms with Gasteiger partial charge in [-0.25, -0.2) is 13.2 Å². The van der Waals surface area contributed by atoms with Crippen molar-refractivity contribution in [3.05, 3.63) is 28.8 Å². The van der Waals surface area contributed by atoms with Gasteiger partial charge in [0.15, 0.2) is 0 Å². The van der Waals surface area contributed by atoms with E-state index in [-0.39, 0.29) is 28.6 Å². The first-order valence-corrected chi connectivity index (χ1v) is 6.91. The van der Waals surface area contributed by atoms with Crippen LogP contribution in [0, 0.1) is 0 Å². The van der Waals surface area contributed by atoms with E-state index in [1.165, 1.54) is 25.3 Å². The fourth-order valence-corrected chi connectivity index (χ4v) is 2.50. The number of ether oxygens (including phenoxy) is 1. The standard InChI is InChI=1S/C10H12ClNO5S/c1-17-5-6-18(15,16)12-9-7(10(13)14)3-2-4-8(9)11/h2-4,12H,5-6H2,1H3,(H,13,14). The summed E-state index contributed by atoms with van der Waals surface area (Å²) < 4.78 is 30.1. The molecule has 0 unspecified atom stereocenters. The number of carboxylic acid groups (broad SMARTS) is 1. The van der Waals surface area contributed by atoms with Gasteiger partial charge in [-0.15, -0.1) is 0 Å². The van der Waals surface area contributed by atoms with Crippen LogP contribution in [-0.2, 0) is 14.8 Å². The number of carbonyl (C=O) groups is 1. The number of aromatic carboxylic acids is 1. The summed E-state index contributed by atoms with van der Waals surface area (Å²) in [5, 5.41) is 8.97. The van der Waals surface area contributed by atoms with Crippen LogP contribution in [0.1, 0.15) is 10.4 Å². The van der Waals surface area contributed by atoms with E-state index in [4.69, 9.17) is 16.7 Å². The molecule has 0 fully saturated rings. The molecule has 0 aromatic heterocycles. The van der Waals surface area contributed by atoms with Crippen LogP contribution >= 0.6 is 11.6 Å². The fourth-order valence-electron chi connectivity index (χ4n) is 1.21. The number of rotatable bonds is 6. The molecule has 1 aromatic carbocycles. The summed E-state index contributed by atoms with van der Waals surface area (Å²) in [6.45, 7) is 0.00217. The van der Waals surface area contributed by atoms with E-state index in [1.54, 1.807) is 0 Å². The smallest absolute Gasteiger partial charge is 0.337 e. The van der Waals surface area contributed by atoms with Crippen molar-refractivity contribution in [2.75, 3.05) is 24.2 Å². The Morgan fingerprint density at radius 2 is 2.17 bits per heavy atom. The van der Waals surface area contributed by atoms with Gasteiger partial charge in [-0.2, -0.15) is 0 Å². The zero-order chi connectivity index (χ0) is 13.8. The zero-order valence-corrected chi connectivity index (χ0v) is 11.1. The molecule has 0 aliphatic carbocycles. The number of benzene rings is 1. The average Bonchev–Trinajstić information content (AvgIpc) is 2.28. The summed E-state index contributed by atoms with van der Waals surface area (Å²) in [6, 6.07) is 4.10. The number of carboxylic acids is 1. The minimum Gasteiger partial charge on any atom is -0.478 e. The number of hydrogen-bond acceptors (Lipinski definition) is 4. The van der Waals surface area contributed by atoms with Crippen molar-refractivity contribution in [2.45, 2.75) is 0 Å². The fraction of sp³-hybridized carbons (Fsp3) is 0.300. The van der Waals surface area contributed by atoms with E-state index in [2.05, 4.69) is 9.46 Å². The van der Waals surface area contributed by atoms with Crippen LogP contribution < -0.4 is 4.72 Å². The van der Waals surface area contributed by atoms with Gasteiger partial charge in [0.2, 0.25) is 10.0 Å². The summed E-state index contributed by atoms with van der Waals surface area (Å²) in [7, 11) is -2.33. The molecule has 0 saturated heterocycles. The summed E-state index contributed by atoms with van der Waals surface area (Å²) in [5.74, 6) is -1.55. The molecular weight excluding hydrogens is 282 g/mol. The number of hydrogen-bond donors (Lipinski definition) is 2. The van der Waals surface area contributed by atoms with Gasteiger partial charge in [0.1, 0.15) is 0 Å². The molecule has 1 aromatic rings. The van der Waals surface area contributed by atoms with Crippen molar-refractivity contribution >= 4 is 33.3 Å². The lowest BCUT2D eigenvalue weighted by atomic mass is 10.2. The highest BCUT2D eigenvalue weighted by Gasteiger charge is 2.18. The topological polar surface area (TPSA) is 92.7 Å². The highest BCUT2D eigenvalue weighted by atomic mass is 35.5. The van der Waals surface area contributed by atoms with Crippen molar-refractivity contribution in [3.8, 4) is 0 Å². The number of halogens is 1. The van der Waals surface area contributed by atoms with Crippen LogP contribution in [0.5, 0.6) is 0 Å². The van der Waals surface area contributed by atoms with Gasteiger partial charge < -0.3 is 9.84 Å². The van der Waals surface area contributed by atoms with Gasteiger partial charge in [0, 0.05) is 7.11 Å². The van der Waals surface area contributed by atoms with Crippen molar-refractivity contribution in [3.63, 3.8) is 0 Å². The molecule has 8 heteroatoms. The van der Waals surface area contributed by atoms with E-state index >= 15 is 0 Å². The van der Waals surface area contributed by atoms with E-state index in [0.29, 0.717) is 0 Å². The van der Waals surface area contributed by atoms with Gasteiger partial charge in [-0.1, -0.05) is 17.7 Å². The Kier molecular flexibility index (Phi) is 4.94. The Bertz CT molecular complexity index is 543. The Labute approximate surface area is 110 Å². The first-order valence-electron chi connectivity index (χ1n) is 4.88. The van der Waals surface area contributed by atoms with Crippen LogP contribution in [0.4, 0.5) is 5.69 Å². The van der Waals surface area contributed by atoms with E-state index in [0.717, 1.165) is 0 Å². The Morgan fingerprint density at radius 1 is 1.50 bits per heavy atom. The molecule has 0 amide bonds. The minimum absolute atomic E-state index is 0.00217. The van der Waals surface area contributed by atoms with Crippen molar-refractivity contribution in [2.24, 2.45) is 0 Å². The third-order valence-corrected chi connectivity index (χ3v) is 3.59. The third-order valence-electron chi connectivity index (χ3n) is 2.06. The largest absolute Gasteiger partial charge is 0.478 e. The number of sulfonamides is 1. The molecule has 6 nitrogen and oxygen atoms in total. The second-order valence-electron chi connectivity index (χ2n) is 3.38. The lowest BCUT2D eigenvalue weighted by Crippen LogP contribution is -2.21. The Morgan fingerprint density at radius 3 is 2.72 bits per heavy atom. The third kappa shape index (κ3) is 3.86. The molecule has 0 bridgehead atoms. The van der Waals surface area contributed by atoms with Crippen molar-refractivity contribution < 1.29 is 23.1 Å². The Balaban J connectivity index is 3.07. The molecule has 0 saturated carbocycles. The van der Waals surface area contributed by atoms with Crippen LogP contribution in [0.25, 0.3) is 0 Å². The maximum atomic E-state index is 11.6. The molecule has 18 heavy (non-hydrogen) atoms. The molecule has 2 N–H and O–H groups in total. The maximum absolute atomic E-state index is 11.6. The zero-order valence-electron chi connectivity index (χ0n) is 9.51. The maximum Gasteiger partial charge on any atom is 0.337 e. The monoisotopic (exact) mass is 293 g/mol. The molecule has 0 atom stereocenters. The van der Waals surface area contributed by atoms with E-state index < -0.39 is 16.0 Å². The lowest BCUT2D eigenvalue weighted by Gasteiger charge is -2.11. The van der Waals surface area contributed by atoms with Gasteiger partial charge in [0.05, 0.1) is 28.6 Å².